The minimum Gasteiger partial charge on any atom is -0.467 e. The number of carbonyl (C=O) groups excluding carboxylic acids is 5. The maximum absolute atomic E-state index is 13.5. The molecule has 10 heteroatoms. The molecule has 10 nitrogen and oxygen atoms in total. The second kappa shape index (κ2) is 12.7. The van der Waals surface area contributed by atoms with Crippen molar-refractivity contribution in [3.63, 3.8) is 0 Å². The van der Waals surface area contributed by atoms with E-state index in [4.69, 9.17) is 23.7 Å². The second-order valence-corrected chi connectivity index (χ2v) is 11.3. The van der Waals surface area contributed by atoms with Crippen LogP contribution >= 0.6 is 0 Å². The summed E-state index contributed by atoms with van der Waals surface area (Å²) in [5.41, 5.74) is -0.353. The highest BCUT2D eigenvalue weighted by Gasteiger charge is 2.72. The van der Waals surface area contributed by atoms with Crippen molar-refractivity contribution in [1.82, 2.24) is 0 Å². The first-order valence-corrected chi connectivity index (χ1v) is 14.0. The first kappa shape index (κ1) is 31.5. The Balaban J connectivity index is 2.15. The molecule has 9 atom stereocenters. The van der Waals surface area contributed by atoms with E-state index in [-0.39, 0.29) is 31.1 Å². The number of epoxide rings is 1. The predicted molar refractivity (Wildman–Crippen MR) is 143 cm³/mol. The van der Waals surface area contributed by atoms with Crippen LogP contribution < -0.4 is 0 Å². The van der Waals surface area contributed by atoms with E-state index in [0.29, 0.717) is 12.0 Å². The third kappa shape index (κ3) is 6.32. The number of carbonyl (C=O) groups is 5. The van der Waals surface area contributed by atoms with Gasteiger partial charge in [0.05, 0.1) is 19.6 Å². The molecule has 3 aliphatic rings. The number of hydrogen-bond acceptors (Lipinski definition) is 10. The SMILES string of the molecule is C=C1C2CC(=O)C(C(C)OC(C)=O)C2C(C2(C(=O)OC)CO2)C(OC(=O)C=C(C)CC)C1OC(=O)CC(C)CC. The van der Waals surface area contributed by atoms with Gasteiger partial charge < -0.3 is 23.7 Å². The highest BCUT2D eigenvalue weighted by Crippen LogP contribution is 2.58. The number of rotatable bonds is 11. The summed E-state index contributed by atoms with van der Waals surface area (Å²) in [7, 11) is 1.22. The minimum absolute atomic E-state index is 0.0334. The zero-order valence-electron chi connectivity index (χ0n) is 24.5. The van der Waals surface area contributed by atoms with Crippen molar-refractivity contribution < 1.29 is 47.7 Å². The fraction of sp³-hybridized carbons (Fsp3) is 0.700. The molecule has 0 aromatic rings. The number of ketones is 1. The second-order valence-electron chi connectivity index (χ2n) is 11.3. The van der Waals surface area contributed by atoms with E-state index in [1.54, 1.807) is 13.8 Å². The molecule has 0 radical (unpaired) electrons. The molecule has 40 heavy (non-hydrogen) atoms. The molecule has 0 aromatic heterocycles. The zero-order chi connectivity index (χ0) is 29.9. The fourth-order valence-corrected chi connectivity index (χ4v) is 6.19. The third-order valence-electron chi connectivity index (χ3n) is 8.61. The number of fused-ring (bicyclic) bond motifs is 1. The summed E-state index contributed by atoms with van der Waals surface area (Å²) in [6.07, 6.45) is -0.253. The van der Waals surface area contributed by atoms with Gasteiger partial charge in [0.1, 0.15) is 18.0 Å². The molecule has 222 valence electrons. The highest BCUT2D eigenvalue weighted by molar-refractivity contribution is 5.88. The van der Waals surface area contributed by atoms with Crippen LogP contribution in [-0.4, -0.2) is 67.3 Å². The lowest BCUT2D eigenvalue weighted by Gasteiger charge is -2.48. The average Bonchev–Trinajstić information content (AvgIpc) is 3.61. The van der Waals surface area contributed by atoms with E-state index in [9.17, 15) is 24.0 Å². The minimum atomic E-state index is -1.53. The Bertz CT molecular complexity index is 1070. The average molecular weight is 563 g/mol. The van der Waals surface area contributed by atoms with Crippen molar-refractivity contribution in [3.8, 4) is 0 Å². The van der Waals surface area contributed by atoms with Gasteiger partial charge in [-0.3, -0.25) is 14.4 Å². The molecule has 0 aromatic carbocycles. The van der Waals surface area contributed by atoms with Gasteiger partial charge in [0.2, 0.25) is 0 Å². The standard InChI is InChI=1S/C30H42O10/c1-9-15(3)11-22(33)39-27-17(5)20-13-21(32)24(18(6)38-19(7)31)25(20)26(30(14-37-30)29(35)36-8)28(27)40-23(34)12-16(4)10-2/h12,15,18,20,24-28H,5,9-11,13-14H2,1-4,6-8H3. The zero-order valence-corrected chi connectivity index (χ0v) is 24.5. The van der Waals surface area contributed by atoms with Crippen LogP contribution in [0, 0.1) is 29.6 Å². The summed E-state index contributed by atoms with van der Waals surface area (Å²) in [4.78, 5) is 64.6. The number of Topliss-reactive ketones (excluding diaryl/α,β-unsaturated/α-hetero) is 1. The molecule has 0 bridgehead atoms. The quantitative estimate of drug-likeness (QED) is 0.121. The van der Waals surface area contributed by atoms with Gasteiger partial charge in [-0.25, -0.2) is 9.59 Å². The molecule has 1 aliphatic heterocycles. The van der Waals surface area contributed by atoms with Gasteiger partial charge in [0.15, 0.2) is 11.7 Å². The Kier molecular flexibility index (Phi) is 9.98. The smallest absolute Gasteiger partial charge is 0.341 e. The molecule has 1 saturated heterocycles. The number of methoxy groups -OCH3 is 1. The van der Waals surface area contributed by atoms with Crippen LogP contribution in [0.5, 0.6) is 0 Å². The van der Waals surface area contributed by atoms with Crippen LogP contribution in [0.1, 0.15) is 67.2 Å². The van der Waals surface area contributed by atoms with Crippen LogP contribution in [0.2, 0.25) is 0 Å². The summed E-state index contributed by atoms with van der Waals surface area (Å²) < 4.78 is 28.2. The molecule has 2 saturated carbocycles. The largest absolute Gasteiger partial charge is 0.467 e. The van der Waals surface area contributed by atoms with Crippen LogP contribution in [0.15, 0.2) is 23.8 Å². The molecule has 9 unspecified atom stereocenters. The Hall–Kier alpha value is -3.01. The van der Waals surface area contributed by atoms with Crippen molar-refractivity contribution in [3.05, 3.63) is 23.8 Å². The fourth-order valence-electron chi connectivity index (χ4n) is 6.19. The topological polar surface area (TPSA) is 135 Å². The van der Waals surface area contributed by atoms with Gasteiger partial charge in [0.25, 0.3) is 0 Å². The summed E-state index contributed by atoms with van der Waals surface area (Å²) in [5, 5.41) is 0. The van der Waals surface area contributed by atoms with E-state index in [0.717, 1.165) is 12.0 Å². The molecule has 2 aliphatic carbocycles. The Labute approximate surface area is 235 Å². The first-order valence-electron chi connectivity index (χ1n) is 14.0. The third-order valence-corrected chi connectivity index (χ3v) is 8.61. The highest BCUT2D eigenvalue weighted by atomic mass is 16.6. The van der Waals surface area contributed by atoms with Crippen molar-refractivity contribution in [2.24, 2.45) is 29.6 Å². The lowest BCUT2D eigenvalue weighted by molar-refractivity contribution is -0.186. The number of esters is 4. The predicted octanol–water partition coefficient (Wildman–Crippen LogP) is 3.50. The lowest BCUT2D eigenvalue weighted by atomic mass is 9.61. The number of allylic oxidation sites excluding steroid dienone is 1. The van der Waals surface area contributed by atoms with E-state index in [2.05, 4.69) is 6.58 Å². The molecule has 3 rings (SSSR count). The van der Waals surface area contributed by atoms with E-state index in [1.807, 2.05) is 20.8 Å². The van der Waals surface area contributed by atoms with Gasteiger partial charge in [-0.2, -0.15) is 0 Å². The van der Waals surface area contributed by atoms with Gasteiger partial charge in [-0.05, 0) is 43.6 Å². The van der Waals surface area contributed by atoms with Crippen LogP contribution in [0.4, 0.5) is 0 Å². The van der Waals surface area contributed by atoms with E-state index < -0.39 is 71.5 Å². The first-order chi connectivity index (χ1) is 18.8. The van der Waals surface area contributed by atoms with Gasteiger partial charge in [0, 0.05) is 31.8 Å². The molecule has 3 fully saturated rings. The molecule has 0 N–H and O–H groups in total. The summed E-state index contributed by atoms with van der Waals surface area (Å²) in [5.74, 6) is -5.51. The van der Waals surface area contributed by atoms with Gasteiger partial charge >= 0.3 is 23.9 Å². The molecular formula is C30H42O10. The van der Waals surface area contributed by atoms with Gasteiger partial charge in [-0.15, -0.1) is 0 Å². The Morgan fingerprint density at radius 3 is 2.33 bits per heavy atom. The lowest BCUT2D eigenvalue weighted by Crippen LogP contribution is -2.59. The van der Waals surface area contributed by atoms with Crippen molar-refractivity contribution in [1.29, 1.82) is 0 Å². The van der Waals surface area contributed by atoms with E-state index >= 15 is 0 Å². The Morgan fingerprint density at radius 1 is 1.15 bits per heavy atom. The van der Waals surface area contributed by atoms with Crippen LogP contribution in [0.3, 0.4) is 0 Å². The Morgan fingerprint density at radius 2 is 1.80 bits per heavy atom. The molecular weight excluding hydrogens is 520 g/mol. The van der Waals surface area contributed by atoms with E-state index in [1.165, 1.54) is 20.1 Å². The van der Waals surface area contributed by atoms with Crippen molar-refractivity contribution >= 4 is 29.7 Å². The summed E-state index contributed by atoms with van der Waals surface area (Å²) >= 11 is 0. The van der Waals surface area contributed by atoms with Crippen molar-refractivity contribution in [2.45, 2.75) is 91.1 Å². The van der Waals surface area contributed by atoms with Crippen LogP contribution in [-0.2, 0) is 47.7 Å². The maximum Gasteiger partial charge on any atom is 0.341 e. The van der Waals surface area contributed by atoms with Crippen LogP contribution in [0.25, 0.3) is 0 Å². The maximum atomic E-state index is 13.5. The normalized spacial score (nSPS) is 32.9. The monoisotopic (exact) mass is 562 g/mol. The summed E-state index contributed by atoms with van der Waals surface area (Å²) in [6.45, 7) is 14.6. The summed E-state index contributed by atoms with van der Waals surface area (Å²) in [6, 6.07) is 0. The van der Waals surface area contributed by atoms with Crippen molar-refractivity contribution in [2.75, 3.05) is 13.7 Å². The number of ether oxygens (including phenoxy) is 5. The molecule has 0 amide bonds. The molecule has 1 heterocycles. The number of hydrogen-bond donors (Lipinski definition) is 0. The van der Waals surface area contributed by atoms with Gasteiger partial charge in [-0.1, -0.05) is 39.3 Å². The molecule has 0 spiro atoms.